The highest BCUT2D eigenvalue weighted by Crippen LogP contribution is 2.30. The lowest BCUT2D eigenvalue weighted by atomic mass is 9.88. The van der Waals surface area contributed by atoms with E-state index >= 15 is 0 Å². The first-order chi connectivity index (χ1) is 11.9. The molecule has 1 saturated heterocycles. The molecule has 0 atom stereocenters. The predicted molar refractivity (Wildman–Crippen MR) is 93.6 cm³/mol. The van der Waals surface area contributed by atoms with Crippen LogP contribution in [-0.4, -0.2) is 42.2 Å². The van der Waals surface area contributed by atoms with E-state index in [1.165, 1.54) is 0 Å². The second-order valence-electron chi connectivity index (χ2n) is 6.73. The average molecular weight is 342 g/mol. The van der Waals surface area contributed by atoms with Gasteiger partial charge in [-0.25, -0.2) is 0 Å². The number of nitrogens with zero attached hydrogens (tertiary/aromatic N) is 1. The van der Waals surface area contributed by atoms with Crippen LogP contribution in [0.25, 0.3) is 0 Å². The summed E-state index contributed by atoms with van der Waals surface area (Å²) < 4.78 is 5.32. The summed E-state index contributed by atoms with van der Waals surface area (Å²) >= 11 is 0. The molecule has 3 rings (SSSR count). The first kappa shape index (κ1) is 17.2. The summed E-state index contributed by atoms with van der Waals surface area (Å²) in [5.74, 6) is 0.326. The molecule has 2 heterocycles. The number of allylic oxidation sites excluding steroid dienone is 1. The monoisotopic (exact) mass is 342 g/mol. The third kappa shape index (κ3) is 3.90. The van der Waals surface area contributed by atoms with Crippen LogP contribution in [0.4, 0.5) is 5.69 Å². The van der Waals surface area contributed by atoms with Gasteiger partial charge >= 0.3 is 0 Å². The molecule has 132 valence electrons. The van der Waals surface area contributed by atoms with Crippen LogP contribution in [0.1, 0.15) is 37.0 Å². The smallest absolute Gasteiger partial charge is 0.262 e. The van der Waals surface area contributed by atoms with Gasteiger partial charge in [-0.3, -0.25) is 14.4 Å². The highest BCUT2D eigenvalue weighted by atomic mass is 16.5. The van der Waals surface area contributed by atoms with Crippen molar-refractivity contribution >= 4 is 23.3 Å². The van der Waals surface area contributed by atoms with Crippen LogP contribution in [-0.2, 0) is 9.59 Å². The zero-order chi connectivity index (χ0) is 18.0. The van der Waals surface area contributed by atoms with Gasteiger partial charge in [0.2, 0.25) is 5.91 Å². The van der Waals surface area contributed by atoms with Crippen molar-refractivity contribution in [1.82, 2.24) is 4.90 Å². The highest BCUT2D eigenvalue weighted by Gasteiger charge is 2.28. The van der Waals surface area contributed by atoms with Gasteiger partial charge < -0.3 is 15.0 Å². The molecule has 1 fully saturated rings. The van der Waals surface area contributed by atoms with E-state index in [1.54, 1.807) is 29.2 Å². The Morgan fingerprint density at radius 3 is 2.64 bits per heavy atom. The Kier molecular flexibility index (Phi) is 4.88. The number of amides is 2. The SMILES string of the molecule is CC(C)=CC(=O)N1CCC(C(=O)c2ccc3c(c2)NC(=O)CO3)CC1. The van der Waals surface area contributed by atoms with Crippen LogP contribution in [0.2, 0.25) is 0 Å². The van der Waals surface area contributed by atoms with E-state index in [2.05, 4.69) is 5.32 Å². The summed E-state index contributed by atoms with van der Waals surface area (Å²) in [7, 11) is 0. The van der Waals surface area contributed by atoms with E-state index in [4.69, 9.17) is 4.74 Å². The summed E-state index contributed by atoms with van der Waals surface area (Å²) in [5, 5.41) is 2.72. The molecular weight excluding hydrogens is 320 g/mol. The van der Waals surface area contributed by atoms with Crippen LogP contribution in [0.3, 0.4) is 0 Å². The topological polar surface area (TPSA) is 75.7 Å². The molecule has 2 aliphatic rings. The number of hydrogen-bond donors (Lipinski definition) is 1. The van der Waals surface area contributed by atoms with Crippen molar-refractivity contribution in [2.45, 2.75) is 26.7 Å². The third-order valence-corrected chi connectivity index (χ3v) is 4.49. The molecule has 0 bridgehead atoms. The van der Waals surface area contributed by atoms with E-state index in [1.807, 2.05) is 13.8 Å². The number of piperidine rings is 1. The Balaban J connectivity index is 1.65. The van der Waals surface area contributed by atoms with E-state index in [9.17, 15) is 14.4 Å². The summed E-state index contributed by atoms with van der Waals surface area (Å²) in [4.78, 5) is 38.0. The number of ketones is 1. The van der Waals surface area contributed by atoms with Gasteiger partial charge in [-0.2, -0.15) is 0 Å². The molecule has 2 aliphatic heterocycles. The lowest BCUT2D eigenvalue weighted by Crippen LogP contribution is -2.39. The second-order valence-corrected chi connectivity index (χ2v) is 6.73. The summed E-state index contributed by atoms with van der Waals surface area (Å²) in [6.45, 7) is 4.96. The number of anilines is 1. The molecule has 6 nitrogen and oxygen atoms in total. The first-order valence-electron chi connectivity index (χ1n) is 8.49. The Morgan fingerprint density at radius 2 is 1.96 bits per heavy atom. The molecule has 0 radical (unpaired) electrons. The van der Waals surface area contributed by atoms with Crippen molar-refractivity contribution in [3.05, 3.63) is 35.4 Å². The number of ether oxygens (including phenoxy) is 1. The summed E-state index contributed by atoms with van der Waals surface area (Å²) in [6, 6.07) is 5.13. The molecule has 0 aliphatic carbocycles. The maximum Gasteiger partial charge on any atom is 0.262 e. The maximum absolute atomic E-state index is 12.8. The van der Waals surface area contributed by atoms with Gasteiger partial charge in [0, 0.05) is 30.6 Å². The molecule has 2 amide bonds. The Morgan fingerprint density at radius 1 is 1.24 bits per heavy atom. The van der Waals surface area contributed by atoms with E-state index in [-0.39, 0.29) is 30.1 Å². The average Bonchev–Trinajstić information content (AvgIpc) is 2.60. The lowest BCUT2D eigenvalue weighted by Gasteiger charge is -2.31. The van der Waals surface area contributed by atoms with Crippen molar-refractivity contribution in [3.8, 4) is 5.75 Å². The lowest BCUT2D eigenvalue weighted by molar-refractivity contribution is -0.127. The highest BCUT2D eigenvalue weighted by molar-refractivity contribution is 6.01. The third-order valence-electron chi connectivity index (χ3n) is 4.49. The van der Waals surface area contributed by atoms with Crippen LogP contribution in [0.15, 0.2) is 29.8 Å². The summed E-state index contributed by atoms with van der Waals surface area (Å²) in [5.41, 5.74) is 2.08. The predicted octanol–water partition coefficient (Wildman–Crippen LogP) is 2.41. The Hall–Kier alpha value is -2.63. The molecule has 25 heavy (non-hydrogen) atoms. The van der Waals surface area contributed by atoms with Gasteiger partial charge in [-0.05, 0) is 44.9 Å². The number of nitrogens with one attached hydrogen (secondary N) is 1. The van der Waals surface area contributed by atoms with Crippen molar-refractivity contribution in [2.24, 2.45) is 5.92 Å². The zero-order valence-electron chi connectivity index (χ0n) is 14.5. The van der Waals surface area contributed by atoms with E-state index in [0.717, 1.165) is 5.57 Å². The van der Waals surface area contributed by atoms with E-state index < -0.39 is 0 Å². The largest absolute Gasteiger partial charge is 0.482 e. The molecule has 0 saturated carbocycles. The first-order valence-corrected chi connectivity index (χ1v) is 8.49. The fourth-order valence-electron chi connectivity index (χ4n) is 3.17. The quantitative estimate of drug-likeness (QED) is 0.676. The number of benzene rings is 1. The standard InChI is InChI=1S/C19H22N2O4/c1-12(2)9-18(23)21-7-5-13(6-8-21)19(24)14-3-4-16-15(10-14)20-17(22)11-25-16/h3-4,9-10,13H,5-8,11H2,1-2H3,(H,20,22). The van der Waals surface area contributed by atoms with Crippen LogP contribution in [0, 0.1) is 5.92 Å². The molecule has 6 heteroatoms. The van der Waals surface area contributed by atoms with Gasteiger partial charge in [0.15, 0.2) is 12.4 Å². The minimum atomic E-state index is -0.219. The molecular formula is C19H22N2O4. The fourth-order valence-corrected chi connectivity index (χ4v) is 3.17. The minimum absolute atomic E-state index is 0.00153. The number of carbonyl (C=O) groups excluding carboxylic acids is 3. The number of hydrogen-bond acceptors (Lipinski definition) is 4. The number of Topliss-reactive ketones (excluding diaryl/α,β-unsaturated/α-hetero) is 1. The number of likely N-dealkylation sites (tertiary alicyclic amines) is 1. The van der Waals surface area contributed by atoms with E-state index in [0.29, 0.717) is 42.9 Å². The molecule has 1 aromatic rings. The second kappa shape index (κ2) is 7.09. The van der Waals surface area contributed by atoms with Crippen LogP contribution >= 0.6 is 0 Å². The van der Waals surface area contributed by atoms with Gasteiger partial charge in [0.25, 0.3) is 5.91 Å². The zero-order valence-corrected chi connectivity index (χ0v) is 14.5. The minimum Gasteiger partial charge on any atom is -0.482 e. The molecule has 0 spiro atoms. The molecule has 1 N–H and O–H groups in total. The van der Waals surface area contributed by atoms with Crippen LogP contribution < -0.4 is 10.1 Å². The summed E-state index contributed by atoms with van der Waals surface area (Å²) in [6.07, 6.45) is 2.94. The van der Waals surface area contributed by atoms with Crippen molar-refractivity contribution in [3.63, 3.8) is 0 Å². The van der Waals surface area contributed by atoms with Gasteiger partial charge in [-0.15, -0.1) is 0 Å². The number of carbonyl (C=O) groups is 3. The van der Waals surface area contributed by atoms with Crippen molar-refractivity contribution < 1.29 is 19.1 Å². The Bertz CT molecular complexity index is 742. The van der Waals surface area contributed by atoms with Crippen LogP contribution in [0.5, 0.6) is 5.75 Å². The fraction of sp³-hybridized carbons (Fsp3) is 0.421. The van der Waals surface area contributed by atoms with Crippen molar-refractivity contribution in [2.75, 3.05) is 25.0 Å². The molecule has 0 aromatic heterocycles. The normalized spacial score (nSPS) is 17.2. The molecule has 1 aromatic carbocycles. The van der Waals surface area contributed by atoms with Gasteiger partial charge in [0.1, 0.15) is 5.75 Å². The Labute approximate surface area is 146 Å². The number of fused-ring (bicyclic) bond motifs is 1. The van der Waals surface area contributed by atoms with Gasteiger partial charge in [-0.1, -0.05) is 5.57 Å². The number of rotatable bonds is 3. The van der Waals surface area contributed by atoms with Crippen molar-refractivity contribution in [1.29, 1.82) is 0 Å². The maximum atomic E-state index is 12.8. The molecule has 0 unspecified atom stereocenters. The van der Waals surface area contributed by atoms with Gasteiger partial charge in [0.05, 0.1) is 5.69 Å².